The van der Waals surface area contributed by atoms with Crippen molar-refractivity contribution in [3.63, 3.8) is 0 Å². The third kappa shape index (κ3) is 2.81. The van der Waals surface area contributed by atoms with Gasteiger partial charge in [-0.05, 0) is 18.5 Å². The number of carbonyl (C=O) groups is 1. The van der Waals surface area contributed by atoms with Crippen LogP contribution in [0.15, 0.2) is 5.38 Å². The van der Waals surface area contributed by atoms with E-state index in [2.05, 4.69) is 19.6 Å². The third-order valence-electron chi connectivity index (χ3n) is 3.51. The Hall–Kier alpha value is -1.80. The Morgan fingerprint density at radius 2 is 2.48 bits per heavy atom. The van der Waals surface area contributed by atoms with E-state index < -0.39 is 0 Å². The molecule has 1 fully saturated rings. The molecule has 21 heavy (non-hydrogen) atoms. The van der Waals surface area contributed by atoms with Crippen LogP contribution in [0.2, 0.25) is 0 Å². The fraction of sp³-hybridized carbons (Fsp3) is 0.538. The Kier molecular flexibility index (Phi) is 3.98. The smallest absolute Gasteiger partial charge is 0.256 e. The molecule has 0 radical (unpaired) electrons. The van der Waals surface area contributed by atoms with E-state index in [4.69, 9.17) is 4.74 Å². The SMILES string of the molecule is CCc1nc([C@H]2CN(C(=O)c3csnc3C)CCO2)n[nH]1. The summed E-state index contributed by atoms with van der Waals surface area (Å²) in [6.07, 6.45) is 0.522. The van der Waals surface area contributed by atoms with Crippen LogP contribution in [0.3, 0.4) is 0 Å². The predicted molar refractivity (Wildman–Crippen MR) is 77.2 cm³/mol. The first-order valence-electron chi connectivity index (χ1n) is 6.92. The van der Waals surface area contributed by atoms with E-state index in [1.807, 2.05) is 13.8 Å². The summed E-state index contributed by atoms with van der Waals surface area (Å²) in [6.45, 7) is 5.40. The molecule has 1 aliphatic rings. The average Bonchev–Trinajstić information content (AvgIpc) is 3.15. The van der Waals surface area contributed by atoms with E-state index >= 15 is 0 Å². The molecule has 2 aromatic heterocycles. The minimum absolute atomic E-state index is 0.000741. The summed E-state index contributed by atoms with van der Waals surface area (Å²) in [5.74, 6) is 1.44. The van der Waals surface area contributed by atoms with Crippen molar-refractivity contribution in [2.24, 2.45) is 0 Å². The number of nitrogens with zero attached hydrogens (tertiary/aromatic N) is 4. The van der Waals surface area contributed by atoms with Crippen molar-refractivity contribution in [3.05, 3.63) is 28.3 Å². The standard InChI is InChI=1S/C13H17N5O2S/c1-3-11-14-12(16-15-11)10-6-18(4-5-20-10)13(19)9-7-21-17-8(9)2/h7,10H,3-6H2,1-2H3,(H,14,15,16)/t10-/m1/s1. The summed E-state index contributed by atoms with van der Waals surface area (Å²) >= 11 is 1.30. The summed E-state index contributed by atoms with van der Waals surface area (Å²) in [5.41, 5.74) is 1.45. The van der Waals surface area contributed by atoms with E-state index in [9.17, 15) is 4.79 Å². The molecule has 0 unspecified atom stereocenters. The number of ether oxygens (including phenoxy) is 1. The van der Waals surface area contributed by atoms with Gasteiger partial charge in [0.25, 0.3) is 5.91 Å². The van der Waals surface area contributed by atoms with Gasteiger partial charge in [-0.1, -0.05) is 6.92 Å². The van der Waals surface area contributed by atoms with Crippen molar-refractivity contribution in [2.75, 3.05) is 19.7 Å². The van der Waals surface area contributed by atoms with E-state index in [-0.39, 0.29) is 12.0 Å². The first-order chi connectivity index (χ1) is 10.2. The number of carbonyl (C=O) groups excluding carboxylic acids is 1. The van der Waals surface area contributed by atoms with Gasteiger partial charge < -0.3 is 9.64 Å². The molecule has 8 heteroatoms. The van der Waals surface area contributed by atoms with Crippen LogP contribution in [0.25, 0.3) is 0 Å². The lowest BCUT2D eigenvalue weighted by Gasteiger charge is -2.31. The molecule has 0 aliphatic carbocycles. The molecular weight excluding hydrogens is 290 g/mol. The molecule has 3 rings (SSSR count). The second kappa shape index (κ2) is 5.90. The first-order valence-corrected chi connectivity index (χ1v) is 7.75. The summed E-state index contributed by atoms with van der Waals surface area (Å²) in [5, 5.41) is 8.85. The molecule has 0 aromatic carbocycles. The highest BCUT2D eigenvalue weighted by molar-refractivity contribution is 7.03. The zero-order valence-electron chi connectivity index (χ0n) is 12.0. The topological polar surface area (TPSA) is 84.0 Å². The number of aromatic nitrogens is 4. The Morgan fingerprint density at radius 1 is 1.62 bits per heavy atom. The number of H-pyrrole nitrogens is 1. The molecule has 1 amide bonds. The number of hydrogen-bond donors (Lipinski definition) is 1. The van der Waals surface area contributed by atoms with Crippen LogP contribution in [-0.4, -0.2) is 50.1 Å². The molecule has 2 aromatic rings. The van der Waals surface area contributed by atoms with E-state index in [0.717, 1.165) is 17.9 Å². The Morgan fingerprint density at radius 3 is 3.14 bits per heavy atom. The van der Waals surface area contributed by atoms with Crippen molar-refractivity contribution < 1.29 is 9.53 Å². The molecule has 1 N–H and O–H groups in total. The second-order valence-electron chi connectivity index (χ2n) is 4.92. The van der Waals surface area contributed by atoms with Crippen LogP contribution in [-0.2, 0) is 11.2 Å². The maximum Gasteiger partial charge on any atom is 0.256 e. The van der Waals surface area contributed by atoms with Gasteiger partial charge in [0.1, 0.15) is 11.9 Å². The van der Waals surface area contributed by atoms with Gasteiger partial charge in [-0.3, -0.25) is 9.89 Å². The Labute approximate surface area is 126 Å². The highest BCUT2D eigenvalue weighted by atomic mass is 32.1. The average molecular weight is 307 g/mol. The monoisotopic (exact) mass is 307 g/mol. The lowest BCUT2D eigenvalue weighted by atomic mass is 10.2. The van der Waals surface area contributed by atoms with Crippen molar-refractivity contribution in [1.29, 1.82) is 0 Å². The summed E-state index contributed by atoms with van der Waals surface area (Å²) in [7, 11) is 0. The molecule has 0 bridgehead atoms. The van der Waals surface area contributed by atoms with Crippen molar-refractivity contribution in [2.45, 2.75) is 26.4 Å². The number of rotatable bonds is 3. The van der Waals surface area contributed by atoms with Crippen LogP contribution >= 0.6 is 11.5 Å². The number of aryl methyl sites for hydroxylation is 2. The minimum atomic E-state index is -0.272. The lowest BCUT2D eigenvalue weighted by Crippen LogP contribution is -2.42. The summed E-state index contributed by atoms with van der Waals surface area (Å²) < 4.78 is 9.86. The highest BCUT2D eigenvalue weighted by Gasteiger charge is 2.29. The zero-order valence-corrected chi connectivity index (χ0v) is 12.8. The largest absolute Gasteiger partial charge is 0.366 e. The number of aromatic amines is 1. The molecule has 1 atom stereocenters. The van der Waals surface area contributed by atoms with Gasteiger partial charge in [0.15, 0.2) is 5.82 Å². The van der Waals surface area contributed by atoms with Crippen LogP contribution in [0.4, 0.5) is 0 Å². The zero-order chi connectivity index (χ0) is 14.8. The van der Waals surface area contributed by atoms with Gasteiger partial charge in [-0.15, -0.1) is 0 Å². The number of hydrogen-bond acceptors (Lipinski definition) is 6. The molecule has 1 saturated heterocycles. The van der Waals surface area contributed by atoms with E-state index in [1.165, 1.54) is 11.5 Å². The molecule has 0 spiro atoms. The highest BCUT2D eigenvalue weighted by Crippen LogP contribution is 2.22. The van der Waals surface area contributed by atoms with Crippen LogP contribution in [0.5, 0.6) is 0 Å². The van der Waals surface area contributed by atoms with Crippen LogP contribution in [0, 0.1) is 6.92 Å². The maximum atomic E-state index is 12.5. The molecule has 112 valence electrons. The van der Waals surface area contributed by atoms with Gasteiger partial charge in [0.05, 0.1) is 24.4 Å². The maximum absolute atomic E-state index is 12.5. The summed E-state index contributed by atoms with van der Waals surface area (Å²) in [6, 6.07) is 0. The molecule has 1 aliphatic heterocycles. The van der Waals surface area contributed by atoms with Crippen molar-refractivity contribution >= 4 is 17.4 Å². The minimum Gasteiger partial charge on any atom is -0.366 e. The second-order valence-corrected chi connectivity index (χ2v) is 5.55. The van der Waals surface area contributed by atoms with E-state index in [0.29, 0.717) is 31.1 Å². The van der Waals surface area contributed by atoms with Gasteiger partial charge in [0.2, 0.25) is 0 Å². The molecular formula is C13H17N5O2S. The third-order valence-corrected chi connectivity index (χ3v) is 4.23. The fourth-order valence-electron chi connectivity index (χ4n) is 2.27. The fourth-order valence-corrected chi connectivity index (χ4v) is 2.96. The number of morpholine rings is 1. The molecule has 3 heterocycles. The Balaban J connectivity index is 1.74. The van der Waals surface area contributed by atoms with Crippen LogP contribution < -0.4 is 0 Å². The van der Waals surface area contributed by atoms with E-state index in [1.54, 1.807) is 10.3 Å². The van der Waals surface area contributed by atoms with Crippen LogP contribution in [0.1, 0.15) is 40.7 Å². The number of amides is 1. The van der Waals surface area contributed by atoms with Gasteiger partial charge in [-0.2, -0.15) is 9.47 Å². The summed E-state index contributed by atoms with van der Waals surface area (Å²) in [4.78, 5) is 18.7. The van der Waals surface area contributed by atoms with Crippen molar-refractivity contribution in [1.82, 2.24) is 24.5 Å². The number of nitrogens with one attached hydrogen (secondary N) is 1. The van der Waals surface area contributed by atoms with Gasteiger partial charge >= 0.3 is 0 Å². The predicted octanol–water partition coefficient (Wildman–Crippen LogP) is 1.35. The lowest BCUT2D eigenvalue weighted by molar-refractivity contribution is -0.0267. The Bertz CT molecular complexity index is 638. The van der Waals surface area contributed by atoms with Gasteiger partial charge in [-0.25, -0.2) is 4.98 Å². The normalized spacial score (nSPS) is 19.0. The van der Waals surface area contributed by atoms with Crippen molar-refractivity contribution in [3.8, 4) is 0 Å². The first kappa shape index (κ1) is 14.2. The van der Waals surface area contributed by atoms with Gasteiger partial charge in [0, 0.05) is 18.3 Å². The molecule has 0 saturated carbocycles. The molecule has 7 nitrogen and oxygen atoms in total. The quantitative estimate of drug-likeness (QED) is 0.925.